The van der Waals surface area contributed by atoms with E-state index in [1.165, 1.54) is 0 Å². The highest BCUT2D eigenvalue weighted by atomic mass is 16.4. The average Bonchev–Trinajstić information content (AvgIpc) is 2.75. The lowest BCUT2D eigenvalue weighted by Crippen LogP contribution is -2.45. The Kier molecular flexibility index (Phi) is 4.92. The minimum absolute atomic E-state index is 0.0281. The Morgan fingerprint density at radius 1 is 1.23 bits per heavy atom. The van der Waals surface area contributed by atoms with Crippen LogP contribution in [0.3, 0.4) is 0 Å². The van der Waals surface area contributed by atoms with E-state index >= 15 is 0 Å². The molecule has 0 fully saturated rings. The fourth-order valence-corrected chi connectivity index (χ4v) is 2.54. The van der Waals surface area contributed by atoms with E-state index in [1.807, 2.05) is 13.8 Å². The van der Waals surface area contributed by atoms with Crippen LogP contribution in [0.15, 0.2) is 24.3 Å². The van der Waals surface area contributed by atoms with Crippen molar-refractivity contribution in [3.8, 4) is 0 Å². The number of fused-ring (bicyclic) bond motifs is 1. The second kappa shape index (κ2) is 6.70. The van der Waals surface area contributed by atoms with Gasteiger partial charge in [0.05, 0.1) is 11.1 Å². The third-order valence-corrected chi connectivity index (χ3v) is 4.06. The van der Waals surface area contributed by atoms with Crippen molar-refractivity contribution in [1.82, 2.24) is 10.2 Å². The second-order valence-electron chi connectivity index (χ2n) is 5.46. The van der Waals surface area contributed by atoms with Gasteiger partial charge < -0.3 is 10.4 Å². The number of carboxylic acid groups (broad SMARTS) is 1. The number of rotatable bonds is 7. The molecular formula is C16H20N2O4. The van der Waals surface area contributed by atoms with Gasteiger partial charge in [0, 0.05) is 13.1 Å². The second-order valence-corrected chi connectivity index (χ2v) is 5.46. The summed E-state index contributed by atoms with van der Waals surface area (Å²) in [6.07, 6.45) is 0.733. The number of nitrogens with zero attached hydrogens (tertiary/aromatic N) is 1. The lowest BCUT2D eigenvalue weighted by Gasteiger charge is -2.21. The summed E-state index contributed by atoms with van der Waals surface area (Å²) < 4.78 is 0. The van der Waals surface area contributed by atoms with Gasteiger partial charge in [-0.05, 0) is 18.1 Å². The Morgan fingerprint density at radius 2 is 1.77 bits per heavy atom. The number of nitrogens with one attached hydrogen (secondary N) is 1. The van der Waals surface area contributed by atoms with E-state index in [2.05, 4.69) is 5.32 Å². The quantitative estimate of drug-likeness (QED) is 0.743. The van der Waals surface area contributed by atoms with Crippen LogP contribution < -0.4 is 5.32 Å². The summed E-state index contributed by atoms with van der Waals surface area (Å²) in [6, 6.07) is 6.01. The van der Waals surface area contributed by atoms with Gasteiger partial charge in [-0.3, -0.25) is 19.3 Å². The maximum Gasteiger partial charge on any atom is 0.320 e. The van der Waals surface area contributed by atoms with Crippen LogP contribution in [0.25, 0.3) is 0 Å². The third kappa shape index (κ3) is 3.01. The van der Waals surface area contributed by atoms with Crippen molar-refractivity contribution < 1.29 is 19.5 Å². The van der Waals surface area contributed by atoms with Gasteiger partial charge in [-0.1, -0.05) is 32.4 Å². The van der Waals surface area contributed by atoms with E-state index in [-0.39, 0.29) is 30.8 Å². The Hall–Kier alpha value is -2.21. The minimum Gasteiger partial charge on any atom is -0.480 e. The van der Waals surface area contributed by atoms with Crippen molar-refractivity contribution in [2.45, 2.75) is 26.3 Å². The zero-order valence-electron chi connectivity index (χ0n) is 12.7. The number of amides is 2. The van der Waals surface area contributed by atoms with Gasteiger partial charge in [0.15, 0.2) is 0 Å². The van der Waals surface area contributed by atoms with Gasteiger partial charge in [-0.2, -0.15) is 0 Å². The maximum absolute atomic E-state index is 12.2. The summed E-state index contributed by atoms with van der Waals surface area (Å²) in [4.78, 5) is 36.7. The molecule has 0 bridgehead atoms. The standard InChI is InChI=1S/C16H20N2O4/c1-3-10(2)13(16(21)22)17-8-9-18-14(19)11-6-4-5-7-12(11)15(18)20/h4-7,10,13,17H,3,8-9H2,1-2H3,(H,21,22)/t10-,13-/m0/s1. The van der Waals surface area contributed by atoms with Crippen molar-refractivity contribution in [3.05, 3.63) is 35.4 Å². The summed E-state index contributed by atoms with van der Waals surface area (Å²) in [7, 11) is 0. The first kappa shape index (κ1) is 16.2. The molecular weight excluding hydrogens is 284 g/mol. The third-order valence-electron chi connectivity index (χ3n) is 4.06. The Balaban J connectivity index is 1.97. The van der Waals surface area contributed by atoms with Gasteiger partial charge in [-0.25, -0.2) is 0 Å². The smallest absolute Gasteiger partial charge is 0.320 e. The van der Waals surface area contributed by atoms with Crippen molar-refractivity contribution in [1.29, 1.82) is 0 Å². The van der Waals surface area contributed by atoms with Gasteiger partial charge in [0.1, 0.15) is 6.04 Å². The molecule has 6 heteroatoms. The first-order chi connectivity index (χ1) is 10.5. The normalized spacial score (nSPS) is 16.5. The van der Waals surface area contributed by atoms with Crippen LogP contribution in [0.1, 0.15) is 41.0 Å². The molecule has 0 saturated carbocycles. The highest BCUT2D eigenvalue weighted by Crippen LogP contribution is 2.21. The molecule has 6 nitrogen and oxygen atoms in total. The number of carboxylic acids is 1. The molecule has 0 aliphatic carbocycles. The van der Waals surface area contributed by atoms with Gasteiger partial charge in [0.25, 0.3) is 11.8 Å². The van der Waals surface area contributed by atoms with Crippen LogP contribution in [0.5, 0.6) is 0 Å². The first-order valence-electron chi connectivity index (χ1n) is 7.38. The average molecular weight is 304 g/mol. The van der Waals surface area contributed by atoms with E-state index in [4.69, 9.17) is 0 Å². The highest BCUT2D eigenvalue weighted by molar-refractivity contribution is 6.21. The molecule has 118 valence electrons. The summed E-state index contributed by atoms with van der Waals surface area (Å²) in [5.74, 6) is -1.59. The van der Waals surface area contributed by atoms with Gasteiger partial charge in [0.2, 0.25) is 0 Å². The van der Waals surface area contributed by atoms with E-state index < -0.39 is 12.0 Å². The fraction of sp³-hybridized carbons (Fsp3) is 0.438. The molecule has 2 rings (SSSR count). The molecule has 1 heterocycles. The summed E-state index contributed by atoms with van der Waals surface area (Å²) in [6.45, 7) is 4.19. The number of aliphatic carboxylic acids is 1. The van der Waals surface area contributed by atoms with Crippen molar-refractivity contribution >= 4 is 17.8 Å². The molecule has 2 amide bonds. The Bertz CT molecular complexity index is 565. The molecule has 1 aliphatic heterocycles. The SMILES string of the molecule is CC[C@H](C)[C@H](NCCN1C(=O)c2ccccc2C1=O)C(=O)O. The molecule has 0 radical (unpaired) electrons. The predicted molar refractivity (Wildman–Crippen MR) is 80.7 cm³/mol. The molecule has 2 N–H and O–H groups in total. The lowest BCUT2D eigenvalue weighted by atomic mass is 9.99. The number of carbonyl (C=O) groups excluding carboxylic acids is 2. The van der Waals surface area contributed by atoms with E-state index in [1.54, 1.807) is 24.3 Å². The van der Waals surface area contributed by atoms with Crippen LogP contribution in [0.4, 0.5) is 0 Å². The van der Waals surface area contributed by atoms with E-state index in [9.17, 15) is 19.5 Å². The molecule has 0 aromatic heterocycles. The summed E-state index contributed by atoms with van der Waals surface area (Å²) in [5.41, 5.74) is 0.813. The van der Waals surface area contributed by atoms with E-state index in [0.29, 0.717) is 11.1 Å². The van der Waals surface area contributed by atoms with Gasteiger partial charge in [-0.15, -0.1) is 0 Å². The predicted octanol–water partition coefficient (Wildman–Crippen LogP) is 1.37. The fourth-order valence-electron chi connectivity index (χ4n) is 2.54. The molecule has 2 atom stereocenters. The number of carbonyl (C=O) groups is 3. The number of hydrogen-bond acceptors (Lipinski definition) is 4. The van der Waals surface area contributed by atoms with Crippen LogP contribution in [-0.4, -0.2) is 46.9 Å². The van der Waals surface area contributed by atoms with Crippen LogP contribution in [-0.2, 0) is 4.79 Å². The maximum atomic E-state index is 12.2. The van der Waals surface area contributed by atoms with Gasteiger partial charge >= 0.3 is 5.97 Å². The molecule has 1 aromatic rings. The zero-order chi connectivity index (χ0) is 16.3. The lowest BCUT2D eigenvalue weighted by molar-refractivity contribution is -0.140. The van der Waals surface area contributed by atoms with Crippen molar-refractivity contribution in [2.75, 3.05) is 13.1 Å². The molecule has 0 saturated heterocycles. The monoisotopic (exact) mass is 304 g/mol. The minimum atomic E-state index is -0.920. The number of imide groups is 1. The molecule has 1 aliphatic rings. The molecule has 22 heavy (non-hydrogen) atoms. The Morgan fingerprint density at radius 3 is 2.23 bits per heavy atom. The molecule has 0 spiro atoms. The largest absolute Gasteiger partial charge is 0.480 e. The van der Waals surface area contributed by atoms with Crippen molar-refractivity contribution in [2.24, 2.45) is 5.92 Å². The summed E-state index contributed by atoms with van der Waals surface area (Å²) in [5, 5.41) is 12.1. The number of benzene rings is 1. The molecule has 0 unspecified atom stereocenters. The van der Waals surface area contributed by atoms with Crippen molar-refractivity contribution in [3.63, 3.8) is 0 Å². The zero-order valence-corrected chi connectivity index (χ0v) is 12.7. The van der Waals surface area contributed by atoms with Crippen LogP contribution >= 0.6 is 0 Å². The number of hydrogen-bond donors (Lipinski definition) is 2. The molecule has 1 aromatic carbocycles. The first-order valence-corrected chi connectivity index (χ1v) is 7.38. The Labute approximate surface area is 129 Å². The van der Waals surface area contributed by atoms with Crippen LogP contribution in [0, 0.1) is 5.92 Å². The summed E-state index contributed by atoms with van der Waals surface area (Å²) >= 11 is 0. The topological polar surface area (TPSA) is 86.7 Å². The van der Waals surface area contributed by atoms with Crippen LogP contribution in [0.2, 0.25) is 0 Å². The van der Waals surface area contributed by atoms with E-state index in [0.717, 1.165) is 11.3 Å². The highest BCUT2D eigenvalue weighted by Gasteiger charge is 2.34.